The van der Waals surface area contributed by atoms with Gasteiger partial charge in [0.2, 0.25) is 0 Å². The zero-order valence-electron chi connectivity index (χ0n) is 11.6. The summed E-state index contributed by atoms with van der Waals surface area (Å²) in [6.45, 7) is 3.86. The van der Waals surface area contributed by atoms with E-state index in [2.05, 4.69) is 11.0 Å². The Hall–Kier alpha value is -1.51. The molecule has 2 aliphatic carbocycles. The number of anilines is 2. The molecular weight excluding hydrogens is 236 g/mol. The summed E-state index contributed by atoms with van der Waals surface area (Å²) in [6.07, 6.45) is 5.43. The van der Waals surface area contributed by atoms with E-state index >= 15 is 0 Å². The fraction of sp³-hybridized carbons (Fsp3) is 0.562. The van der Waals surface area contributed by atoms with Gasteiger partial charge in [0, 0.05) is 30.0 Å². The predicted molar refractivity (Wildman–Crippen MR) is 78.5 cm³/mol. The van der Waals surface area contributed by atoms with Gasteiger partial charge in [-0.3, -0.25) is 4.79 Å². The average molecular weight is 258 g/mol. The highest BCUT2D eigenvalue weighted by Crippen LogP contribution is 2.36. The van der Waals surface area contributed by atoms with Gasteiger partial charge in [-0.25, -0.2) is 0 Å². The molecule has 0 aromatic heterocycles. The normalized spacial score (nSPS) is 18.4. The van der Waals surface area contributed by atoms with Gasteiger partial charge in [-0.2, -0.15) is 0 Å². The maximum absolute atomic E-state index is 11.6. The first-order valence-electron chi connectivity index (χ1n) is 7.29. The molecule has 2 fully saturated rings. The van der Waals surface area contributed by atoms with E-state index in [1.807, 2.05) is 12.1 Å². The molecule has 0 amide bonds. The van der Waals surface area contributed by atoms with Gasteiger partial charge in [0.05, 0.1) is 0 Å². The maximum atomic E-state index is 11.6. The molecule has 0 radical (unpaired) electrons. The van der Waals surface area contributed by atoms with Gasteiger partial charge in [0.25, 0.3) is 0 Å². The van der Waals surface area contributed by atoms with Gasteiger partial charge in [0.15, 0.2) is 5.78 Å². The summed E-state index contributed by atoms with van der Waals surface area (Å²) >= 11 is 0. The molecular formula is C16H22N2O. The van der Waals surface area contributed by atoms with E-state index in [0.717, 1.165) is 24.9 Å². The molecule has 0 aliphatic heterocycles. The van der Waals surface area contributed by atoms with Crippen LogP contribution in [0.2, 0.25) is 0 Å². The lowest BCUT2D eigenvalue weighted by atomic mass is 10.1. The third-order valence-corrected chi connectivity index (χ3v) is 4.13. The van der Waals surface area contributed by atoms with Crippen molar-refractivity contribution in [2.24, 2.45) is 11.8 Å². The van der Waals surface area contributed by atoms with E-state index in [4.69, 9.17) is 5.73 Å². The smallest absolute Gasteiger partial charge is 0.161 e. The van der Waals surface area contributed by atoms with Gasteiger partial charge in [-0.1, -0.05) is 0 Å². The third kappa shape index (κ3) is 3.09. The molecule has 0 unspecified atom stereocenters. The first-order chi connectivity index (χ1) is 9.13. The number of nitrogen functional groups attached to an aromatic ring is 1. The summed E-state index contributed by atoms with van der Waals surface area (Å²) in [5, 5.41) is 0. The highest BCUT2D eigenvalue weighted by atomic mass is 16.1. The molecule has 0 heterocycles. The van der Waals surface area contributed by atoms with Crippen LogP contribution in [0, 0.1) is 11.8 Å². The number of ketones is 1. The van der Waals surface area contributed by atoms with Crippen molar-refractivity contribution >= 4 is 17.2 Å². The molecule has 102 valence electrons. The largest absolute Gasteiger partial charge is 0.398 e. The Bertz CT molecular complexity index is 476. The molecule has 2 N–H and O–H groups in total. The molecule has 0 spiro atoms. The second-order valence-electron chi connectivity index (χ2n) is 6.12. The number of hydrogen-bond donors (Lipinski definition) is 1. The molecule has 0 atom stereocenters. The summed E-state index contributed by atoms with van der Waals surface area (Å²) in [4.78, 5) is 14.1. The lowest BCUT2D eigenvalue weighted by Crippen LogP contribution is -2.28. The summed E-state index contributed by atoms with van der Waals surface area (Å²) in [5.74, 6) is 1.77. The van der Waals surface area contributed by atoms with E-state index < -0.39 is 0 Å². The van der Waals surface area contributed by atoms with Crippen LogP contribution in [0.1, 0.15) is 43.0 Å². The van der Waals surface area contributed by atoms with E-state index in [1.54, 1.807) is 6.92 Å². The van der Waals surface area contributed by atoms with Crippen LogP contribution in [-0.4, -0.2) is 18.9 Å². The molecule has 0 saturated heterocycles. The van der Waals surface area contributed by atoms with Crippen molar-refractivity contribution in [1.82, 2.24) is 0 Å². The van der Waals surface area contributed by atoms with Crippen molar-refractivity contribution in [1.29, 1.82) is 0 Å². The summed E-state index contributed by atoms with van der Waals surface area (Å²) < 4.78 is 0. The van der Waals surface area contributed by atoms with Crippen LogP contribution < -0.4 is 10.6 Å². The maximum Gasteiger partial charge on any atom is 0.161 e. The molecule has 1 aromatic carbocycles. The van der Waals surface area contributed by atoms with Gasteiger partial charge < -0.3 is 10.6 Å². The number of rotatable bonds is 6. The van der Waals surface area contributed by atoms with Crippen molar-refractivity contribution in [3.8, 4) is 0 Å². The summed E-state index contributed by atoms with van der Waals surface area (Å²) in [5.41, 5.74) is 8.30. The Kier molecular flexibility index (Phi) is 3.21. The first-order valence-corrected chi connectivity index (χ1v) is 7.29. The predicted octanol–water partition coefficient (Wildman–Crippen LogP) is 3.10. The average Bonchev–Trinajstić information content (AvgIpc) is 3.23. The highest BCUT2D eigenvalue weighted by Gasteiger charge is 2.29. The topological polar surface area (TPSA) is 46.3 Å². The lowest BCUT2D eigenvalue weighted by Gasteiger charge is -2.25. The Morgan fingerprint density at radius 3 is 2.26 bits per heavy atom. The third-order valence-electron chi connectivity index (χ3n) is 4.13. The van der Waals surface area contributed by atoms with E-state index in [1.165, 1.54) is 31.4 Å². The van der Waals surface area contributed by atoms with Gasteiger partial charge in [-0.15, -0.1) is 0 Å². The minimum atomic E-state index is 0.0529. The number of hydrogen-bond acceptors (Lipinski definition) is 3. The van der Waals surface area contributed by atoms with E-state index in [0.29, 0.717) is 11.3 Å². The number of carbonyl (C=O) groups excluding carboxylic acids is 1. The van der Waals surface area contributed by atoms with Crippen molar-refractivity contribution in [3.05, 3.63) is 23.8 Å². The first kappa shape index (κ1) is 12.5. The molecule has 2 aliphatic rings. The summed E-state index contributed by atoms with van der Waals surface area (Å²) in [7, 11) is 0. The fourth-order valence-corrected chi connectivity index (χ4v) is 2.56. The fourth-order valence-electron chi connectivity index (χ4n) is 2.56. The standard InChI is InChI=1S/C16H22N2O/c1-11(19)15-8-14(6-7-16(15)17)18(9-12-2-3-12)10-13-4-5-13/h6-8,12-13H,2-5,9-10,17H2,1H3. The zero-order chi connectivity index (χ0) is 13.4. The Morgan fingerprint density at radius 2 is 1.79 bits per heavy atom. The van der Waals surface area contributed by atoms with E-state index in [9.17, 15) is 4.79 Å². The Morgan fingerprint density at radius 1 is 1.21 bits per heavy atom. The van der Waals surface area contributed by atoms with Crippen LogP contribution in [0.3, 0.4) is 0 Å². The highest BCUT2D eigenvalue weighted by molar-refractivity contribution is 6.00. The quantitative estimate of drug-likeness (QED) is 0.630. The SMILES string of the molecule is CC(=O)c1cc(N(CC2CC2)CC2CC2)ccc1N. The lowest BCUT2D eigenvalue weighted by molar-refractivity contribution is 0.101. The number of nitrogens with two attached hydrogens (primary N) is 1. The van der Waals surface area contributed by atoms with Gasteiger partial charge in [0.1, 0.15) is 0 Å². The molecule has 0 bridgehead atoms. The number of nitrogens with zero attached hydrogens (tertiary/aromatic N) is 1. The number of Topliss-reactive ketones (excluding diaryl/α,β-unsaturated/α-hetero) is 1. The van der Waals surface area contributed by atoms with Crippen molar-refractivity contribution < 1.29 is 4.79 Å². The molecule has 3 nitrogen and oxygen atoms in total. The second kappa shape index (κ2) is 4.87. The zero-order valence-corrected chi connectivity index (χ0v) is 11.6. The van der Waals surface area contributed by atoms with Gasteiger partial charge in [-0.05, 0) is 62.6 Å². The molecule has 1 aromatic rings. The molecule has 2 saturated carbocycles. The minimum Gasteiger partial charge on any atom is -0.398 e. The van der Waals surface area contributed by atoms with Crippen molar-refractivity contribution in [3.63, 3.8) is 0 Å². The Labute approximate surface area is 114 Å². The van der Waals surface area contributed by atoms with Crippen molar-refractivity contribution in [2.75, 3.05) is 23.7 Å². The molecule has 3 heteroatoms. The van der Waals surface area contributed by atoms with Crippen LogP contribution in [0.25, 0.3) is 0 Å². The van der Waals surface area contributed by atoms with Crippen LogP contribution in [-0.2, 0) is 0 Å². The van der Waals surface area contributed by atoms with Gasteiger partial charge >= 0.3 is 0 Å². The number of carbonyl (C=O) groups is 1. The molecule has 3 rings (SSSR count). The van der Waals surface area contributed by atoms with Crippen LogP contribution in [0.15, 0.2) is 18.2 Å². The van der Waals surface area contributed by atoms with Crippen LogP contribution in [0.5, 0.6) is 0 Å². The second-order valence-corrected chi connectivity index (χ2v) is 6.12. The Balaban J connectivity index is 1.82. The van der Waals surface area contributed by atoms with Crippen LogP contribution in [0.4, 0.5) is 11.4 Å². The minimum absolute atomic E-state index is 0.0529. The van der Waals surface area contributed by atoms with Crippen molar-refractivity contribution in [2.45, 2.75) is 32.6 Å². The molecule has 19 heavy (non-hydrogen) atoms. The van der Waals surface area contributed by atoms with E-state index in [-0.39, 0.29) is 5.78 Å². The number of benzene rings is 1. The van der Waals surface area contributed by atoms with Crippen LogP contribution >= 0.6 is 0 Å². The monoisotopic (exact) mass is 258 g/mol. The summed E-state index contributed by atoms with van der Waals surface area (Å²) in [6, 6.07) is 5.91.